The van der Waals surface area contributed by atoms with E-state index in [-0.39, 0.29) is 12.6 Å². The van der Waals surface area contributed by atoms with Gasteiger partial charge >= 0.3 is 12.0 Å². The number of nitrogens with zero attached hydrogens (tertiary/aromatic N) is 1. The number of carboxylic acids is 1. The predicted molar refractivity (Wildman–Crippen MR) is 77.9 cm³/mol. The molecule has 2 aliphatic rings. The summed E-state index contributed by atoms with van der Waals surface area (Å²) in [5.41, 5.74) is -1.66. The van der Waals surface area contributed by atoms with Crippen LogP contribution in [-0.2, 0) is 4.79 Å². The van der Waals surface area contributed by atoms with Crippen LogP contribution in [0.4, 0.5) is 4.79 Å². The van der Waals surface area contributed by atoms with Gasteiger partial charge in [-0.2, -0.15) is 0 Å². The number of urea groups is 1. The lowest BCUT2D eigenvalue weighted by atomic mass is 9.71. The Kier molecular flexibility index (Phi) is 4.46. The molecule has 0 aromatic heterocycles. The maximum Gasteiger partial charge on any atom is 0.317 e. The molecule has 1 aliphatic carbocycles. The van der Waals surface area contributed by atoms with Gasteiger partial charge in [-0.3, -0.25) is 4.79 Å². The predicted octanol–water partition coefficient (Wildman–Crippen LogP) is 1.43. The molecule has 1 atom stereocenters. The molecule has 0 spiro atoms. The van der Waals surface area contributed by atoms with Crippen molar-refractivity contribution in [3.05, 3.63) is 0 Å². The number of aliphatic hydroxyl groups is 1. The molecule has 2 rings (SSSR count). The van der Waals surface area contributed by atoms with Crippen LogP contribution in [0.3, 0.4) is 0 Å². The van der Waals surface area contributed by atoms with E-state index in [1.54, 1.807) is 11.8 Å². The molecule has 0 bridgehead atoms. The second-order valence-electron chi connectivity index (χ2n) is 7.10. The summed E-state index contributed by atoms with van der Waals surface area (Å²) in [6.07, 6.45) is 3.56. The number of hydrogen-bond donors (Lipinski definition) is 3. The second kappa shape index (κ2) is 5.83. The summed E-state index contributed by atoms with van der Waals surface area (Å²) in [5.74, 6) is -0.259. The first-order valence-corrected chi connectivity index (χ1v) is 7.73. The van der Waals surface area contributed by atoms with Gasteiger partial charge < -0.3 is 20.4 Å². The van der Waals surface area contributed by atoms with Crippen molar-refractivity contribution in [2.24, 2.45) is 11.3 Å². The van der Waals surface area contributed by atoms with Crippen molar-refractivity contribution in [1.29, 1.82) is 0 Å². The van der Waals surface area contributed by atoms with Crippen LogP contribution in [0.2, 0.25) is 0 Å². The third-order valence-electron chi connectivity index (χ3n) is 5.00. The molecule has 1 saturated carbocycles. The summed E-state index contributed by atoms with van der Waals surface area (Å²) in [4.78, 5) is 25.3. The van der Waals surface area contributed by atoms with Gasteiger partial charge in [0, 0.05) is 13.1 Å². The smallest absolute Gasteiger partial charge is 0.317 e. The van der Waals surface area contributed by atoms with Crippen LogP contribution >= 0.6 is 0 Å². The fourth-order valence-electron chi connectivity index (χ4n) is 3.26. The molecule has 1 heterocycles. The number of carbonyl (C=O) groups excluding carboxylic acids is 1. The molecule has 120 valence electrons. The first-order chi connectivity index (χ1) is 9.74. The Morgan fingerprint density at radius 3 is 2.38 bits per heavy atom. The molecular weight excluding hydrogens is 272 g/mol. The largest absolute Gasteiger partial charge is 0.481 e. The van der Waals surface area contributed by atoms with E-state index in [0.29, 0.717) is 38.3 Å². The maximum atomic E-state index is 12.1. The Hall–Kier alpha value is -1.30. The number of nitrogens with one attached hydrogen (secondary N) is 1. The molecule has 2 amide bonds. The summed E-state index contributed by atoms with van der Waals surface area (Å²) in [6.45, 7) is 4.83. The quantitative estimate of drug-likeness (QED) is 0.735. The minimum absolute atomic E-state index is 0.173. The van der Waals surface area contributed by atoms with E-state index in [2.05, 4.69) is 12.2 Å². The van der Waals surface area contributed by atoms with E-state index in [0.717, 1.165) is 12.8 Å². The number of carbonyl (C=O) groups is 2. The number of aliphatic carboxylic acids is 1. The minimum Gasteiger partial charge on any atom is -0.481 e. The van der Waals surface area contributed by atoms with Gasteiger partial charge in [-0.15, -0.1) is 0 Å². The fraction of sp³-hybridized carbons (Fsp3) is 0.867. The SMILES string of the molecule is CC1CCC(CNC(=O)N2CCC(C)(O)C2)(C(=O)O)CC1. The van der Waals surface area contributed by atoms with Gasteiger partial charge in [0.25, 0.3) is 0 Å². The van der Waals surface area contributed by atoms with Gasteiger partial charge in [0.15, 0.2) is 0 Å². The number of rotatable bonds is 3. The molecule has 1 aliphatic heterocycles. The monoisotopic (exact) mass is 298 g/mol. The molecule has 1 saturated heterocycles. The zero-order valence-electron chi connectivity index (χ0n) is 12.9. The summed E-state index contributed by atoms with van der Waals surface area (Å²) in [7, 11) is 0. The summed E-state index contributed by atoms with van der Waals surface area (Å²) >= 11 is 0. The van der Waals surface area contributed by atoms with Crippen LogP contribution in [-0.4, -0.2) is 52.3 Å². The lowest BCUT2D eigenvalue weighted by molar-refractivity contribution is -0.151. The lowest BCUT2D eigenvalue weighted by Gasteiger charge is -2.36. The highest BCUT2D eigenvalue weighted by Gasteiger charge is 2.42. The highest BCUT2D eigenvalue weighted by Crippen LogP contribution is 2.38. The summed E-state index contributed by atoms with van der Waals surface area (Å²) in [5, 5.41) is 22.2. The van der Waals surface area contributed by atoms with Crippen molar-refractivity contribution in [1.82, 2.24) is 10.2 Å². The first-order valence-electron chi connectivity index (χ1n) is 7.73. The van der Waals surface area contributed by atoms with Crippen LogP contribution in [0, 0.1) is 11.3 Å². The van der Waals surface area contributed by atoms with Crippen LogP contribution in [0.5, 0.6) is 0 Å². The molecule has 0 aromatic rings. The third-order valence-corrected chi connectivity index (χ3v) is 5.00. The lowest BCUT2D eigenvalue weighted by Crippen LogP contribution is -2.49. The van der Waals surface area contributed by atoms with Crippen LogP contribution in [0.1, 0.15) is 46.0 Å². The molecular formula is C15H26N2O4. The van der Waals surface area contributed by atoms with Crippen molar-refractivity contribution in [3.63, 3.8) is 0 Å². The Morgan fingerprint density at radius 2 is 1.90 bits per heavy atom. The number of hydrogen-bond acceptors (Lipinski definition) is 3. The highest BCUT2D eigenvalue weighted by atomic mass is 16.4. The van der Waals surface area contributed by atoms with Crippen molar-refractivity contribution in [2.75, 3.05) is 19.6 Å². The molecule has 0 radical (unpaired) electrons. The molecule has 21 heavy (non-hydrogen) atoms. The maximum absolute atomic E-state index is 12.1. The number of likely N-dealkylation sites (tertiary alicyclic amines) is 1. The van der Waals surface area contributed by atoms with E-state index in [1.165, 1.54) is 0 Å². The van der Waals surface area contributed by atoms with Gasteiger partial charge in [0.05, 0.1) is 17.6 Å². The highest BCUT2D eigenvalue weighted by molar-refractivity contribution is 5.78. The van der Waals surface area contributed by atoms with Crippen molar-refractivity contribution < 1.29 is 19.8 Å². The minimum atomic E-state index is -0.831. The normalized spacial score (nSPS) is 36.5. The molecule has 3 N–H and O–H groups in total. The number of β-amino-alcohol motifs (C(OH)–C–C–N with tert-alkyl or cyclic N) is 1. The van der Waals surface area contributed by atoms with Gasteiger partial charge in [-0.25, -0.2) is 4.79 Å². The van der Waals surface area contributed by atoms with Gasteiger partial charge in [0.1, 0.15) is 0 Å². The van der Waals surface area contributed by atoms with Crippen molar-refractivity contribution >= 4 is 12.0 Å². The van der Waals surface area contributed by atoms with E-state index in [4.69, 9.17) is 0 Å². The molecule has 2 fully saturated rings. The topological polar surface area (TPSA) is 89.9 Å². The second-order valence-corrected chi connectivity index (χ2v) is 7.10. The Morgan fingerprint density at radius 1 is 1.29 bits per heavy atom. The van der Waals surface area contributed by atoms with E-state index < -0.39 is 17.0 Å². The number of amides is 2. The van der Waals surface area contributed by atoms with Gasteiger partial charge in [-0.05, 0) is 44.9 Å². The average molecular weight is 298 g/mol. The van der Waals surface area contributed by atoms with Crippen LogP contribution in [0.25, 0.3) is 0 Å². The number of carboxylic acid groups (broad SMARTS) is 1. The van der Waals surface area contributed by atoms with Crippen molar-refractivity contribution in [3.8, 4) is 0 Å². The van der Waals surface area contributed by atoms with Crippen LogP contribution in [0.15, 0.2) is 0 Å². The molecule has 6 heteroatoms. The van der Waals surface area contributed by atoms with Crippen LogP contribution < -0.4 is 5.32 Å². The van der Waals surface area contributed by atoms with E-state index in [1.807, 2.05) is 0 Å². The van der Waals surface area contributed by atoms with Gasteiger partial charge in [0.2, 0.25) is 0 Å². The standard InChI is InChI=1S/C15H26N2O4/c1-11-3-5-15(6-4-11,12(18)19)9-16-13(20)17-8-7-14(2,21)10-17/h11,21H,3-10H2,1-2H3,(H,16,20)(H,18,19). The zero-order chi connectivity index (χ0) is 15.7. The molecule has 0 aromatic carbocycles. The summed E-state index contributed by atoms with van der Waals surface area (Å²) < 4.78 is 0. The zero-order valence-corrected chi connectivity index (χ0v) is 12.9. The summed E-state index contributed by atoms with van der Waals surface area (Å²) in [6, 6.07) is -0.271. The van der Waals surface area contributed by atoms with E-state index >= 15 is 0 Å². The first kappa shape index (κ1) is 16.1. The molecule has 6 nitrogen and oxygen atoms in total. The van der Waals surface area contributed by atoms with Crippen molar-refractivity contribution in [2.45, 2.75) is 51.6 Å². The fourth-order valence-corrected chi connectivity index (χ4v) is 3.26. The Labute approximate surface area is 125 Å². The average Bonchev–Trinajstić information content (AvgIpc) is 2.78. The Bertz CT molecular complexity index is 414. The third kappa shape index (κ3) is 3.67. The Balaban J connectivity index is 1.91. The molecule has 1 unspecified atom stereocenters. The van der Waals surface area contributed by atoms with Gasteiger partial charge in [-0.1, -0.05) is 6.92 Å². The van der Waals surface area contributed by atoms with E-state index in [9.17, 15) is 19.8 Å².